The van der Waals surface area contributed by atoms with E-state index in [1.807, 2.05) is 0 Å². The Kier molecular flexibility index (Phi) is 4.81. The average molecular weight is 299 g/mol. The van der Waals surface area contributed by atoms with Crippen LogP contribution in [0.4, 0.5) is 5.69 Å². The lowest BCUT2D eigenvalue weighted by atomic mass is 10.1. The lowest BCUT2D eigenvalue weighted by Gasteiger charge is -2.01. The molecule has 0 spiro atoms. The summed E-state index contributed by atoms with van der Waals surface area (Å²) >= 11 is 0. The van der Waals surface area contributed by atoms with Crippen molar-refractivity contribution in [3.63, 3.8) is 0 Å². The maximum absolute atomic E-state index is 11.7. The lowest BCUT2D eigenvalue weighted by molar-refractivity contribution is -0.385. The van der Waals surface area contributed by atoms with Crippen LogP contribution in [0.2, 0.25) is 0 Å². The zero-order chi connectivity index (χ0) is 15.9. The summed E-state index contributed by atoms with van der Waals surface area (Å²) in [5, 5.41) is 13.5. The van der Waals surface area contributed by atoms with Crippen LogP contribution in [-0.2, 0) is 11.3 Å². The van der Waals surface area contributed by atoms with E-state index in [9.17, 15) is 19.7 Å². The van der Waals surface area contributed by atoms with Crippen molar-refractivity contribution in [3.8, 4) is 0 Å². The normalized spacial score (nSPS) is 10.5. The second kappa shape index (κ2) is 6.98. The van der Waals surface area contributed by atoms with Crippen LogP contribution in [0.15, 0.2) is 53.5 Å². The van der Waals surface area contributed by atoms with E-state index in [-0.39, 0.29) is 23.7 Å². The van der Waals surface area contributed by atoms with Crippen LogP contribution < -0.4 is 10.9 Å². The fourth-order valence-electron chi connectivity index (χ4n) is 1.76. The van der Waals surface area contributed by atoms with Gasteiger partial charge in [0.15, 0.2) is 0 Å². The quantitative estimate of drug-likeness (QED) is 0.497. The monoisotopic (exact) mass is 299 g/mol. The predicted octanol–water partition coefficient (Wildman–Crippen LogP) is 1.61. The average Bonchev–Trinajstić information content (AvgIpc) is 2.52. The van der Waals surface area contributed by atoms with Crippen LogP contribution in [0.1, 0.15) is 11.1 Å². The first-order valence-electron chi connectivity index (χ1n) is 6.43. The highest BCUT2D eigenvalue weighted by molar-refractivity contribution is 5.92. The highest BCUT2D eigenvalue weighted by Gasteiger charge is 2.09. The summed E-state index contributed by atoms with van der Waals surface area (Å²) in [6, 6.07) is 9.12. The third kappa shape index (κ3) is 4.14. The number of nitro groups is 1. The number of rotatable bonds is 5. The summed E-state index contributed by atoms with van der Waals surface area (Å²) in [5.74, 6) is -0.385. The molecular formula is C15H13N3O4. The van der Waals surface area contributed by atoms with E-state index in [4.69, 9.17) is 0 Å². The van der Waals surface area contributed by atoms with Crippen LogP contribution in [-0.4, -0.2) is 15.8 Å². The zero-order valence-corrected chi connectivity index (χ0v) is 11.5. The molecule has 1 amide bonds. The van der Waals surface area contributed by atoms with Gasteiger partial charge in [0.1, 0.15) is 0 Å². The Morgan fingerprint density at radius 2 is 2.05 bits per heavy atom. The third-order valence-electron chi connectivity index (χ3n) is 2.86. The van der Waals surface area contributed by atoms with E-state index in [0.29, 0.717) is 5.56 Å². The van der Waals surface area contributed by atoms with E-state index in [2.05, 4.69) is 10.3 Å². The number of hydrogen-bond acceptors (Lipinski definition) is 4. The molecule has 0 aliphatic heterocycles. The number of nitrogens with zero attached hydrogens (tertiary/aromatic N) is 1. The van der Waals surface area contributed by atoms with E-state index in [1.54, 1.807) is 24.3 Å². The number of carbonyl (C=O) groups is 1. The first kappa shape index (κ1) is 15.2. The summed E-state index contributed by atoms with van der Waals surface area (Å²) in [6.07, 6.45) is 4.13. The van der Waals surface area contributed by atoms with Crippen LogP contribution in [0.25, 0.3) is 6.08 Å². The molecule has 1 aromatic carbocycles. The van der Waals surface area contributed by atoms with Gasteiger partial charge in [-0.2, -0.15) is 0 Å². The lowest BCUT2D eigenvalue weighted by Crippen LogP contribution is -2.20. The van der Waals surface area contributed by atoms with Crippen molar-refractivity contribution < 1.29 is 9.72 Å². The van der Waals surface area contributed by atoms with E-state index in [0.717, 1.165) is 5.56 Å². The van der Waals surface area contributed by atoms with Crippen molar-refractivity contribution in [2.24, 2.45) is 0 Å². The first-order chi connectivity index (χ1) is 10.6. The van der Waals surface area contributed by atoms with Crippen LogP contribution in [0.3, 0.4) is 0 Å². The minimum Gasteiger partial charge on any atom is -0.348 e. The molecule has 0 aliphatic carbocycles. The molecule has 7 nitrogen and oxygen atoms in total. The molecule has 2 rings (SSSR count). The summed E-state index contributed by atoms with van der Waals surface area (Å²) in [5.41, 5.74) is 0.817. The number of nitrogens with one attached hydrogen (secondary N) is 2. The van der Waals surface area contributed by atoms with Crippen LogP contribution in [0, 0.1) is 10.1 Å². The molecule has 1 heterocycles. The van der Waals surface area contributed by atoms with Crippen molar-refractivity contribution in [2.75, 3.05) is 0 Å². The Morgan fingerprint density at radius 3 is 2.73 bits per heavy atom. The van der Waals surface area contributed by atoms with Crippen molar-refractivity contribution in [2.45, 2.75) is 6.54 Å². The number of aromatic nitrogens is 1. The molecule has 22 heavy (non-hydrogen) atoms. The topological polar surface area (TPSA) is 105 Å². The number of carbonyl (C=O) groups excluding carboxylic acids is 1. The number of nitro benzene ring substituents is 1. The molecule has 0 atom stereocenters. The maximum atomic E-state index is 11.7. The Labute approximate surface area is 125 Å². The van der Waals surface area contributed by atoms with Crippen molar-refractivity contribution >= 4 is 17.7 Å². The molecular weight excluding hydrogens is 286 g/mol. The fraction of sp³-hybridized carbons (Fsp3) is 0.0667. The second-order valence-corrected chi connectivity index (χ2v) is 4.43. The van der Waals surface area contributed by atoms with Gasteiger partial charge in [-0.3, -0.25) is 19.7 Å². The molecule has 0 bridgehead atoms. The summed E-state index contributed by atoms with van der Waals surface area (Å²) < 4.78 is 0. The largest absolute Gasteiger partial charge is 0.348 e. The second-order valence-electron chi connectivity index (χ2n) is 4.43. The highest BCUT2D eigenvalue weighted by Crippen LogP contribution is 2.18. The Hall–Kier alpha value is -3.22. The SMILES string of the molecule is O=C(/C=C/c1ccccc1[N+](=O)[O-])NCc1ccc(=O)[nH]c1. The van der Waals surface area contributed by atoms with Gasteiger partial charge < -0.3 is 10.3 Å². The minimum atomic E-state index is -0.502. The standard InChI is InChI=1S/C15H13N3O4/c19-14-7-5-11(9-16-14)10-17-15(20)8-6-12-3-1-2-4-13(12)18(21)22/h1-9H,10H2,(H,16,19)(H,17,20)/b8-6+. The molecule has 112 valence electrons. The number of pyridine rings is 1. The smallest absolute Gasteiger partial charge is 0.276 e. The molecule has 0 saturated carbocycles. The van der Waals surface area contributed by atoms with Gasteiger partial charge >= 0.3 is 0 Å². The predicted molar refractivity (Wildman–Crippen MR) is 81.0 cm³/mol. The van der Waals surface area contributed by atoms with Crippen molar-refractivity contribution in [1.29, 1.82) is 0 Å². The van der Waals surface area contributed by atoms with Gasteiger partial charge in [-0.05, 0) is 17.7 Å². The summed E-state index contributed by atoms with van der Waals surface area (Å²) in [4.78, 5) is 35.4. The number of H-pyrrole nitrogens is 1. The fourth-order valence-corrected chi connectivity index (χ4v) is 1.76. The number of amides is 1. The van der Waals surface area contributed by atoms with E-state index in [1.165, 1.54) is 30.5 Å². The van der Waals surface area contributed by atoms with Crippen molar-refractivity contribution in [3.05, 3.63) is 80.3 Å². The van der Waals surface area contributed by atoms with Crippen LogP contribution in [0.5, 0.6) is 0 Å². The molecule has 0 fully saturated rings. The number of para-hydroxylation sites is 1. The summed E-state index contributed by atoms with van der Waals surface area (Å²) in [7, 11) is 0. The maximum Gasteiger partial charge on any atom is 0.276 e. The van der Waals surface area contributed by atoms with Gasteiger partial charge in [0, 0.05) is 31.0 Å². The van der Waals surface area contributed by atoms with Gasteiger partial charge in [0.2, 0.25) is 11.5 Å². The Balaban J connectivity index is 1.98. The molecule has 0 aliphatic rings. The van der Waals surface area contributed by atoms with Crippen LogP contribution >= 0.6 is 0 Å². The zero-order valence-electron chi connectivity index (χ0n) is 11.5. The highest BCUT2D eigenvalue weighted by atomic mass is 16.6. The van der Waals surface area contributed by atoms with Gasteiger partial charge in [-0.1, -0.05) is 18.2 Å². The van der Waals surface area contributed by atoms with E-state index < -0.39 is 4.92 Å². The summed E-state index contributed by atoms with van der Waals surface area (Å²) in [6.45, 7) is 0.247. The molecule has 1 aromatic heterocycles. The molecule has 0 saturated heterocycles. The molecule has 0 radical (unpaired) electrons. The van der Waals surface area contributed by atoms with Gasteiger partial charge in [-0.25, -0.2) is 0 Å². The van der Waals surface area contributed by atoms with Crippen molar-refractivity contribution in [1.82, 2.24) is 10.3 Å². The number of hydrogen-bond donors (Lipinski definition) is 2. The first-order valence-corrected chi connectivity index (χ1v) is 6.43. The Bertz CT molecular complexity index is 760. The minimum absolute atomic E-state index is 0.0628. The number of benzene rings is 1. The van der Waals surface area contributed by atoms with E-state index >= 15 is 0 Å². The third-order valence-corrected chi connectivity index (χ3v) is 2.86. The molecule has 2 aromatic rings. The molecule has 2 N–H and O–H groups in total. The van der Waals surface area contributed by atoms with Gasteiger partial charge in [0.05, 0.1) is 10.5 Å². The molecule has 7 heteroatoms. The number of aromatic amines is 1. The van der Waals surface area contributed by atoms with Gasteiger partial charge in [-0.15, -0.1) is 0 Å². The van der Waals surface area contributed by atoms with Gasteiger partial charge in [0.25, 0.3) is 5.69 Å². The Morgan fingerprint density at radius 1 is 1.27 bits per heavy atom. The molecule has 0 unspecified atom stereocenters.